The van der Waals surface area contributed by atoms with Crippen LogP contribution in [-0.4, -0.2) is 70.3 Å². The van der Waals surface area contributed by atoms with Crippen molar-refractivity contribution in [2.75, 3.05) is 20.3 Å². The highest BCUT2D eigenvalue weighted by molar-refractivity contribution is 5.86. The zero-order chi connectivity index (χ0) is 40.6. The third kappa shape index (κ3) is 27.8. The van der Waals surface area contributed by atoms with E-state index in [1.165, 1.54) is 103 Å². The summed E-state index contributed by atoms with van der Waals surface area (Å²) in [5, 5.41) is 8.50. The Morgan fingerprint density at radius 1 is 0.673 bits per heavy atom. The van der Waals surface area contributed by atoms with Gasteiger partial charge in [-0.15, -0.1) is 5.10 Å². The molecule has 1 aromatic heterocycles. The summed E-state index contributed by atoms with van der Waals surface area (Å²) in [6.45, 7) is 12.7. The molecule has 10 nitrogen and oxygen atoms in total. The van der Waals surface area contributed by atoms with Crippen LogP contribution in [0.3, 0.4) is 0 Å². The number of esters is 2. The Morgan fingerprint density at radius 3 is 1.64 bits per heavy atom. The molecule has 0 amide bonds. The predicted octanol–water partition coefficient (Wildman–Crippen LogP) is 11.2. The van der Waals surface area contributed by atoms with Gasteiger partial charge in [-0.2, -0.15) is 0 Å². The number of ether oxygens (including phenoxy) is 4. The minimum absolute atomic E-state index is 0.0174. The number of ketones is 1. The van der Waals surface area contributed by atoms with Gasteiger partial charge < -0.3 is 18.9 Å². The Hall–Kier alpha value is -2.33. The molecule has 1 heterocycles. The van der Waals surface area contributed by atoms with E-state index in [2.05, 4.69) is 24.2 Å². The second-order valence-corrected chi connectivity index (χ2v) is 16.8. The van der Waals surface area contributed by atoms with Crippen LogP contribution in [0.2, 0.25) is 0 Å². The number of unbranched alkanes of at least 4 members (excludes halogenated alkanes) is 20. The third-order valence-corrected chi connectivity index (χ3v) is 10.7. The highest BCUT2D eigenvalue weighted by atomic mass is 16.6. The van der Waals surface area contributed by atoms with Crippen LogP contribution in [0.5, 0.6) is 0 Å². The predicted molar refractivity (Wildman–Crippen MR) is 222 cm³/mol. The molecule has 0 fully saturated rings. The number of aryl methyl sites for hydroxylation is 1. The summed E-state index contributed by atoms with van der Waals surface area (Å²) in [7, 11) is 1.67. The first-order valence-electron chi connectivity index (χ1n) is 22.4. The minimum atomic E-state index is -0.926. The lowest BCUT2D eigenvalue weighted by Crippen LogP contribution is -2.37. The first-order valence-corrected chi connectivity index (χ1v) is 22.4. The number of hydrogen-bond donors (Lipinski definition) is 0. The fourth-order valence-corrected chi connectivity index (χ4v) is 6.52. The Kier molecular flexibility index (Phi) is 29.2. The largest absolute Gasteiger partial charge is 0.462 e. The van der Waals surface area contributed by atoms with Gasteiger partial charge in [0.05, 0.1) is 24.4 Å². The molecule has 55 heavy (non-hydrogen) atoms. The number of hydrogen-bond acceptors (Lipinski definition) is 9. The lowest BCUT2D eigenvalue weighted by Gasteiger charge is -2.27. The van der Waals surface area contributed by atoms with Gasteiger partial charge in [0.15, 0.2) is 11.9 Å². The molecule has 0 aliphatic heterocycles. The van der Waals surface area contributed by atoms with Crippen molar-refractivity contribution in [1.29, 1.82) is 0 Å². The zero-order valence-electron chi connectivity index (χ0n) is 36.6. The molecule has 1 rings (SSSR count). The summed E-state index contributed by atoms with van der Waals surface area (Å²) in [6.07, 6.45) is 29.8. The van der Waals surface area contributed by atoms with Gasteiger partial charge in [-0.3, -0.25) is 14.4 Å². The first-order chi connectivity index (χ1) is 26.4. The summed E-state index contributed by atoms with van der Waals surface area (Å²) in [5.41, 5.74) is -0.588. The molecule has 0 saturated heterocycles. The quantitative estimate of drug-likeness (QED) is 0.0477. The van der Waals surface area contributed by atoms with Gasteiger partial charge in [0.25, 0.3) is 0 Å². The molecule has 0 aliphatic rings. The smallest absolute Gasteiger partial charge is 0.306 e. The molecular weight excluding hydrogens is 695 g/mol. The Balaban J connectivity index is 2.56. The van der Waals surface area contributed by atoms with Gasteiger partial charge in [0.2, 0.25) is 0 Å². The fraction of sp³-hybridized carbons (Fsp3) is 0.889. The molecule has 0 N–H and O–H groups in total. The lowest BCUT2D eigenvalue weighted by atomic mass is 9.98. The average Bonchev–Trinajstić information content (AvgIpc) is 3.60. The maximum Gasteiger partial charge on any atom is 0.306 e. The number of Topliss-reactive ketones (excluding diaryl/α,β-unsaturated/α-hetero) is 1. The highest BCUT2D eigenvalue weighted by Crippen LogP contribution is 2.20. The van der Waals surface area contributed by atoms with Gasteiger partial charge in [-0.25, -0.2) is 4.68 Å². The fourth-order valence-electron chi connectivity index (χ4n) is 6.52. The molecule has 0 radical (unpaired) electrons. The van der Waals surface area contributed by atoms with E-state index in [9.17, 15) is 14.4 Å². The second kappa shape index (κ2) is 31.7. The molecule has 1 unspecified atom stereocenters. The van der Waals surface area contributed by atoms with Crippen molar-refractivity contribution in [3.05, 3.63) is 11.9 Å². The van der Waals surface area contributed by atoms with Gasteiger partial charge >= 0.3 is 11.9 Å². The topological polar surface area (TPSA) is 119 Å². The summed E-state index contributed by atoms with van der Waals surface area (Å²) in [6, 6.07) is 0. The van der Waals surface area contributed by atoms with E-state index in [0.29, 0.717) is 38.0 Å². The molecular formula is C45H83N3O7. The monoisotopic (exact) mass is 778 g/mol. The highest BCUT2D eigenvalue weighted by Gasteiger charge is 2.29. The molecule has 0 saturated carbocycles. The van der Waals surface area contributed by atoms with Crippen LogP contribution in [0.15, 0.2) is 6.20 Å². The molecule has 0 spiro atoms. The van der Waals surface area contributed by atoms with Gasteiger partial charge in [0.1, 0.15) is 12.2 Å². The molecule has 0 aromatic carbocycles. The molecule has 1 atom stereocenters. The molecule has 10 heteroatoms. The minimum Gasteiger partial charge on any atom is -0.462 e. The van der Waals surface area contributed by atoms with E-state index in [0.717, 1.165) is 38.5 Å². The van der Waals surface area contributed by atoms with E-state index in [-0.39, 0.29) is 42.9 Å². The number of aromatic nitrogens is 3. The Bertz CT molecular complexity index is 1120. The molecule has 320 valence electrons. The van der Waals surface area contributed by atoms with Crippen LogP contribution in [0.1, 0.15) is 214 Å². The van der Waals surface area contributed by atoms with Crippen LogP contribution >= 0.6 is 0 Å². The van der Waals surface area contributed by atoms with Crippen molar-refractivity contribution in [2.24, 2.45) is 0 Å². The number of carbonyl (C=O) groups excluding carboxylic acids is 3. The van der Waals surface area contributed by atoms with Crippen LogP contribution in [0, 0.1) is 0 Å². The van der Waals surface area contributed by atoms with Crippen molar-refractivity contribution < 1.29 is 33.3 Å². The maximum absolute atomic E-state index is 13.0. The number of methoxy groups -OCH3 is 1. The van der Waals surface area contributed by atoms with Crippen molar-refractivity contribution in [1.82, 2.24) is 15.0 Å². The summed E-state index contributed by atoms with van der Waals surface area (Å²) < 4.78 is 24.5. The van der Waals surface area contributed by atoms with Crippen LogP contribution in [0.25, 0.3) is 0 Å². The summed E-state index contributed by atoms with van der Waals surface area (Å²) in [4.78, 5) is 38.6. The van der Waals surface area contributed by atoms with Crippen LogP contribution < -0.4 is 0 Å². The molecule has 0 aliphatic carbocycles. The Morgan fingerprint density at radius 2 is 1.15 bits per heavy atom. The van der Waals surface area contributed by atoms with E-state index in [1.54, 1.807) is 31.8 Å². The average molecular weight is 778 g/mol. The van der Waals surface area contributed by atoms with E-state index in [1.807, 2.05) is 13.8 Å². The number of rotatable bonds is 38. The molecule has 1 aromatic rings. The zero-order valence-corrected chi connectivity index (χ0v) is 36.6. The van der Waals surface area contributed by atoms with E-state index >= 15 is 0 Å². The van der Waals surface area contributed by atoms with Gasteiger partial charge in [-0.05, 0) is 47.0 Å². The lowest BCUT2D eigenvalue weighted by molar-refractivity contribution is -0.160. The number of carbonyl (C=O) groups is 3. The van der Waals surface area contributed by atoms with Crippen molar-refractivity contribution in [3.8, 4) is 0 Å². The van der Waals surface area contributed by atoms with Crippen LogP contribution in [0.4, 0.5) is 0 Å². The van der Waals surface area contributed by atoms with Gasteiger partial charge in [-0.1, -0.05) is 147 Å². The van der Waals surface area contributed by atoms with Crippen molar-refractivity contribution >= 4 is 17.7 Å². The second-order valence-electron chi connectivity index (χ2n) is 16.8. The first kappa shape index (κ1) is 50.7. The van der Waals surface area contributed by atoms with Crippen LogP contribution in [-0.2, 0) is 46.3 Å². The maximum atomic E-state index is 13.0. The van der Waals surface area contributed by atoms with Crippen molar-refractivity contribution in [3.63, 3.8) is 0 Å². The van der Waals surface area contributed by atoms with Gasteiger partial charge in [0, 0.05) is 39.0 Å². The van der Waals surface area contributed by atoms with E-state index < -0.39 is 11.7 Å². The normalized spacial score (nSPS) is 12.6. The molecule has 0 bridgehead atoms. The summed E-state index contributed by atoms with van der Waals surface area (Å²) in [5.74, 6) is -0.573. The standard InChI is InChI=1S/C45H83N3O7/c1-8-10-12-14-16-18-20-22-24-26-28-30-42(50)53-38-40(55-43(51)31-29-27-25-23-21-19-17-15-13-11-9-2)37-48-36-39(46-47-48)32-33-41(49)45(5,6)54-35-34-44(3,4)52-7/h36,40H,8-35,37-38H2,1-7H3. The van der Waals surface area contributed by atoms with E-state index in [4.69, 9.17) is 18.9 Å². The Labute approximate surface area is 336 Å². The third-order valence-electron chi connectivity index (χ3n) is 10.7. The van der Waals surface area contributed by atoms with Crippen molar-refractivity contribution in [2.45, 2.75) is 239 Å². The SMILES string of the molecule is CCCCCCCCCCCCCC(=O)OCC(Cn1cc(CCC(=O)C(C)(C)OCCC(C)(C)OC)nn1)OC(=O)CCCCCCCCCCCCC. The summed E-state index contributed by atoms with van der Waals surface area (Å²) >= 11 is 0. The number of nitrogens with zero attached hydrogens (tertiary/aromatic N) is 3.